The van der Waals surface area contributed by atoms with Crippen molar-refractivity contribution < 1.29 is 44.3 Å². The molecule has 0 aromatic rings. The van der Waals surface area contributed by atoms with Gasteiger partial charge in [-0.1, -0.05) is 0 Å². The molecule has 4 fully saturated rings. The molecule has 0 aromatic carbocycles. The van der Waals surface area contributed by atoms with Crippen LogP contribution in [-0.4, -0.2) is 147 Å². The van der Waals surface area contributed by atoms with Crippen molar-refractivity contribution in [3.05, 3.63) is 10.6 Å². The monoisotopic (exact) mass is 540 g/mol. The standard InChI is InChI=1S/2C7H12N3.2C4H8O.2ClH.2Mg/c2*1-3-8-7-9-4-2-6-10(7)5-1;2*1-2-4-5-3-1;;;;/h2*1-6H2;2*1-4H2;2*1H;;/q2*-1;;;;;2*+2. The van der Waals surface area contributed by atoms with Gasteiger partial charge in [0.2, 0.25) is 0 Å². The number of rotatable bonds is 0. The summed E-state index contributed by atoms with van der Waals surface area (Å²) in [5, 5.41) is 8.77. The van der Waals surface area contributed by atoms with Crippen molar-refractivity contribution in [2.24, 2.45) is 0 Å². The van der Waals surface area contributed by atoms with Crippen LogP contribution in [0.5, 0.6) is 0 Å². The van der Waals surface area contributed by atoms with E-state index in [-0.39, 0.29) is 70.9 Å². The van der Waals surface area contributed by atoms with Crippen LogP contribution in [0.4, 0.5) is 0 Å². The molecule has 0 unspecified atom stereocenters. The molecule has 12 heteroatoms. The predicted octanol–water partition coefficient (Wildman–Crippen LogP) is -7.35. The summed E-state index contributed by atoms with van der Waals surface area (Å²) in [5.74, 6) is 2.27. The van der Waals surface area contributed by atoms with E-state index >= 15 is 0 Å². The van der Waals surface area contributed by atoms with E-state index in [1.807, 2.05) is 0 Å². The average Bonchev–Trinajstić information content (AvgIpc) is 3.59. The van der Waals surface area contributed by atoms with Crippen molar-refractivity contribution in [1.82, 2.24) is 9.80 Å². The van der Waals surface area contributed by atoms with E-state index in [4.69, 9.17) is 9.47 Å². The van der Waals surface area contributed by atoms with Gasteiger partial charge in [0, 0.05) is 78.8 Å². The first-order chi connectivity index (χ1) is 14.9. The van der Waals surface area contributed by atoms with Crippen molar-refractivity contribution in [2.45, 2.75) is 51.4 Å². The SMILES string of the molecule is C1CCOC1.C1CCOC1.C1C[N-]C2=[NH+]CCCN2C1.C1C[N-]C2=[NH+]CCCN2C1.[Cl-].[Cl-].[Mg+2].[Mg+2]. The van der Waals surface area contributed by atoms with Gasteiger partial charge in [0.05, 0.1) is 0 Å². The average molecular weight is 542 g/mol. The van der Waals surface area contributed by atoms with Crippen LogP contribution >= 0.6 is 0 Å². The molecule has 0 radical (unpaired) electrons. The molecule has 0 bridgehead atoms. The Morgan fingerprint density at radius 1 is 0.529 bits per heavy atom. The van der Waals surface area contributed by atoms with Gasteiger partial charge in [0.15, 0.2) is 11.9 Å². The molecule has 6 aliphatic heterocycles. The quantitative estimate of drug-likeness (QED) is 0.299. The fraction of sp³-hybridized carbons (Fsp3) is 0.909. The summed E-state index contributed by atoms with van der Waals surface area (Å²) in [6.45, 7) is 13.0. The molecule has 0 atom stereocenters. The molecular formula is C22H42Cl2Mg2N6O2+2. The maximum atomic E-state index is 4.94. The Labute approximate surface area is 251 Å². The van der Waals surface area contributed by atoms with E-state index < -0.39 is 0 Å². The molecule has 8 nitrogen and oxygen atoms in total. The summed E-state index contributed by atoms with van der Waals surface area (Å²) >= 11 is 0. The Hall–Kier alpha value is 0.572. The molecule has 0 spiro atoms. The van der Waals surface area contributed by atoms with E-state index in [0.717, 1.165) is 64.5 Å². The van der Waals surface area contributed by atoms with Gasteiger partial charge in [-0.2, -0.15) is 0 Å². The molecule has 0 amide bonds. The Morgan fingerprint density at radius 2 is 0.882 bits per heavy atom. The fourth-order valence-corrected chi connectivity index (χ4v) is 4.04. The third-order valence-electron chi connectivity index (χ3n) is 5.73. The normalized spacial score (nSPS) is 21.6. The molecule has 0 saturated carbocycles. The van der Waals surface area contributed by atoms with Gasteiger partial charge in [-0.3, -0.25) is 10.6 Å². The van der Waals surface area contributed by atoms with Gasteiger partial charge >= 0.3 is 46.1 Å². The number of fused-ring (bicyclic) bond motifs is 2. The zero-order valence-electron chi connectivity index (χ0n) is 20.9. The molecule has 0 aromatic heterocycles. The Kier molecular flexibility index (Phi) is 25.9. The second-order valence-corrected chi connectivity index (χ2v) is 8.29. The number of nitrogens with one attached hydrogen (secondary N) is 2. The number of hydrogen-bond acceptors (Lipinski definition) is 4. The first-order valence-corrected chi connectivity index (χ1v) is 12.2. The molecule has 6 heterocycles. The number of guanidine groups is 2. The summed E-state index contributed by atoms with van der Waals surface area (Å²) in [5.41, 5.74) is 0. The van der Waals surface area contributed by atoms with Crippen molar-refractivity contribution in [3.63, 3.8) is 0 Å². The van der Waals surface area contributed by atoms with Crippen LogP contribution in [0.2, 0.25) is 0 Å². The summed E-state index contributed by atoms with van der Waals surface area (Å²) in [7, 11) is 0. The minimum atomic E-state index is 0. The fourth-order valence-electron chi connectivity index (χ4n) is 4.04. The van der Waals surface area contributed by atoms with E-state index in [1.54, 1.807) is 0 Å². The van der Waals surface area contributed by atoms with Crippen LogP contribution in [0.3, 0.4) is 0 Å². The van der Waals surface area contributed by atoms with Gasteiger partial charge < -0.3 is 54.1 Å². The Morgan fingerprint density at radius 3 is 1.18 bits per heavy atom. The minimum Gasteiger partial charge on any atom is -1.00 e. The van der Waals surface area contributed by atoms with Gasteiger partial charge in [-0.05, 0) is 51.4 Å². The van der Waals surface area contributed by atoms with Gasteiger partial charge in [0.1, 0.15) is 0 Å². The van der Waals surface area contributed by atoms with Crippen LogP contribution in [0.15, 0.2) is 0 Å². The Balaban J connectivity index is 0. The largest absolute Gasteiger partial charge is 2.00 e. The number of hydrogen-bond donors (Lipinski definition) is 2. The number of nitrogens with zero attached hydrogens (tertiary/aromatic N) is 4. The molecule has 34 heavy (non-hydrogen) atoms. The van der Waals surface area contributed by atoms with Crippen LogP contribution in [-0.2, 0) is 9.47 Å². The van der Waals surface area contributed by atoms with Gasteiger partial charge in [0.25, 0.3) is 0 Å². The first kappa shape index (κ1) is 36.7. The maximum absolute atomic E-state index is 4.94. The second kappa shape index (κ2) is 23.9. The van der Waals surface area contributed by atoms with E-state index in [1.165, 1.54) is 77.5 Å². The second-order valence-electron chi connectivity index (χ2n) is 8.29. The summed E-state index contributed by atoms with van der Waals surface area (Å²) < 4.78 is 9.89. The topological polar surface area (TPSA) is 81.1 Å². The molecule has 6 aliphatic rings. The van der Waals surface area contributed by atoms with Gasteiger partial charge in [-0.15, -0.1) is 0 Å². The zero-order chi connectivity index (χ0) is 20.7. The van der Waals surface area contributed by atoms with E-state index in [0.29, 0.717) is 0 Å². The smallest absolute Gasteiger partial charge is 1.00 e. The van der Waals surface area contributed by atoms with Crippen molar-refractivity contribution in [2.75, 3.05) is 78.8 Å². The van der Waals surface area contributed by atoms with Crippen molar-refractivity contribution >= 4 is 58.0 Å². The molecule has 188 valence electrons. The molecule has 4 saturated heterocycles. The molecule has 2 N–H and O–H groups in total. The number of ether oxygens (including phenoxy) is 2. The summed E-state index contributed by atoms with van der Waals surface area (Å²) in [6.07, 6.45) is 10.1. The van der Waals surface area contributed by atoms with Crippen molar-refractivity contribution in [3.8, 4) is 0 Å². The molecule has 0 aliphatic carbocycles. The van der Waals surface area contributed by atoms with Crippen LogP contribution in [0.1, 0.15) is 51.4 Å². The zero-order valence-corrected chi connectivity index (χ0v) is 25.3. The minimum absolute atomic E-state index is 0. The predicted molar refractivity (Wildman–Crippen MR) is 131 cm³/mol. The molecular weight excluding hydrogens is 500 g/mol. The Bertz CT molecular complexity index is 480. The van der Waals surface area contributed by atoms with E-state index in [9.17, 15) is 0 Å². The third-order valence-corrected chi connectivity index (χ3v) is 5.73. The maximum Gasteiger partial charge on any atom is 2.00 e. The van der Waals surface area contributed by atoms with Crippen LogP contribution in [0.25, 0.3) is 10.6 Å². The van der Waals surface area contributed by atoms with Crippen LogP contribution in [0, 0.1) is 0 Å². The van der Waals surface area contributed by atoms with Gasteiger partial charge in [-0.25, -0.2) is 0 Å². The number of halogens is 2. The summed E-state index contributed by atoms with van der Waals surface area (Å²) in [6, 6.07) is 0. The molecule has 6 rings (SSSR count). The first-order valence-electron chi connectivity index (χ1n) is 12.2. The third kappa shape index (κ3) is 15.0. The summed E-state index contributed by atoms with van der Waals surface area (Å²) in [4.78, 5) is 11.3. The van der Waals surface area contributed by atoms with Crippen molar-refractivity contribution in [1.29, 1.82) is 0 Å². The van der Waals surface area contributed by atoms with Crippen LogP contribution < -0.4 is 34.8 Å². The van der Waals surface area contributed by atoms with E-state index in [2.05, 4.69) is 30.4 Å².